The molecule has 0 spiro atoms. The number of aromatic nitrogens is 3. The summed E-state index contributed by atoms with van der Waals surface area (Å²) in [6, 6.07) is 12.1. The molecule has 3 N–H and O–H groups in total. The van der Waals surface area contributed by atoms with Crippen LogP contribution >= 0.6 is 9.24 Å². The monoisotopic (exact) mass is 544 g/mol. The summed E-state index contributed by atoms with van der Waals surface area (Å²) in [5.41, 5.74) is 7.47. The number of nitrogens with zero attached hydrogens (tertiary/aromatic N) is 4. The molecule has 3 fully saturated rings. The first-order valence-electron chi connectivity index (χ1n) is 14.0. The normalized spacial score (nSPS) is 19.8. The molecule has 3 aliphatic rings. The van der Waals surface area contributed by atoms with Gasteiger partial charge in [0.1, 0.15) is 23.6 Å². The Hall–Kier alpha value is -2.93. The lowest BCUT2D eigenvalue weighted by molar-refractivity contribution is 0.108. The molecule has 7 nitrogen and oxygen atoms in total. The fourth-order valence-corrected chi connectivity index (χ4v) is 7.15. The topological polar surface area (TPSA) is 89.2 Å². The zero-order chi connectivity index (χ0) is 26.6. The zero-order valence-corrected chi connectivity index (χ0v) is 23.2. The van der Waals surface area contributed by atoms with Gasteiger partial charge in [-0.1, -0.05) is 36.4 Å². The number of hydrogen-bond acceptors (Lipinski definition) is 7. The summed E-state index contributed by atoms with van der Waals surface area (Å²) in [5.74, 6) is 0.0395. The Morgan fingerprint density at radius 1 is 1.03 bits per heavy atom. The van der Waals surface area contributed by atoms with E-state index in [2.05, 4.69) is 29.4 Å². The van der Waals surface area contributed by atoms with Crippen molar-refractivity contribution in [2.75, 3.05) is 31.6 Å². The molecule has 0 amide bonds. The average molecular weight is 545 g/mol. The van der Waals surface area contributed by atoms with Crippen LogP contribution in [0.25, 0.3) is 32.9 Å². The van der Waals surface area contributed by atoms with Gasteiger partial charge < -0.3 is 15.8 Å². The molecule has 0 radical (unpaired) electrons. The fourth-order valence-electron chi connectivity index (χ4n) is 6.72. The minimum atomic E-state index is -0.476. The van der Waals surface area contributed by atoms with Crippen molar-refractivity contribution in [1.29, 1.82) is 0 Å². The first kappa shape index (κ1) is 25.1. The molecule has 2 aliphatic heterocycles. The van der Waals surface area contributed by atoms with E-state index in [9.17, 15) is 0 Å². The number of halogens is 1. The Kier molecular flexibility index (Phi) is 6.18. The van der Waals surface area contributed by atoms with Crippen LogP contribution in [0.5, 0.6) is 6.01 Å². The van der Waals surface area contributed by atoms with Crippen LogP contribution in [-0.4, -0.2) is 57.2 Å². The van der Waals surface area contributed by atoms with Gasteiger partial charge in [-0.15, -0.1) is 9.24 Å². The Labute approximate surface area is 229 Å². The standard InChI is InChI=1S/C30H34FN6OP/c31-24-25(20-8-1-6-19-7-2-9-22(39)23(19)20)33-16-21-26(24)35-28(36-27(21)34-17-29(32)10-3-11-29)38-18-30-12-4-14-37(30)15-5-13-30/h1-2,6-9,16H,3-5,10-15,17-18,32,39H2,(H,34,35,36). The molecular weight excluding hydrogens is 510 g/mol. The van der Waals surface area contributed by atoms with Crippen LogP contribution in [0.2, 0.25) is 0 Å². The molecule has 1 aliphatic carbocycles. The van der Waals surface area contributed by atoms with Crippen LogP contribution in [0.4, 0.5) is 10.2 Å². The van der Waals surface area contributed by atoms with Crippen molar-refractivity contribution in [1.82, 2.24) is 19.9 Å². The minimum Gasteiger partial charge on any atom is -0.461 e. The molecular formula is C30H34FN6OP. The molecule has 1 unspecified atom stereocenters. The lowest BCUT2D eigenvalue weighted by Crippen LogP contribution is -2.52. The van der Waals surface area contributed by atoms with E-state index in [-0.39, 0.29) is 28.3 Å². The Balaban J connectivity index is 1.31. The van der Waals surface area contributed by atoms with Crippen molar-refractivity contribution < 1.29 is 9.13 Å². The Morgan fingerprint density at radius 3 is 2.54 bits per heavy atom. The number of pyridine rings is 1. The van der Waals surface area contributed by atoms with Gasteiger partial charge in [0, 0.05) is 23.8 Å². The number of ether oxygens (including phenoxy) is 1. The van der Waals surface area contributed by atoms with E-state index in [4.69, 9.17) is 15.5 Å². The number of nitrogens with two attached hydrogens (primary N) is 1. The van der Waals surface area contributed by atoms with Crippen molar-refractivity contribution >= 4 is 42.0 Å². The third-order valence-electron chi connectivity index (χ3n) is 9.09. The summed E-state index contributed by atoms with van der Waals surface area (Å²) in [6.45, 7) is 3.29. The molecule has 1 saturated carbocycles. The molecule has 4 heterocycles. The van der Waals surface area contributed by atoms with Crippen LogP contribution in [0, 0.1) is 5.82 Å². The van der Waals surface area contributed by atoms with Gasteiger partial charge in [-0.2, -0.15) is 9.97 Å². The van der Waals surface area contributed by atoms with Crippen molar-refractivity contribution in [3.05, 3.63) is 48.4 Å². The maximum Gasteiger partial charge on any atom is 0.319 e. The van der Waals surface area contributed by atoms with Crippen LogP contribution in [0.3, 0.4) is 0 Å². The number of rotatable bonds is 7. The fraction of sp³-hybridized carbons (Fsp3) is 0.433. The number of benzene rings is 2. The highest BCUT2D eigenvalue weighted by molar-refractivity contribution is 7.28. The summed E-state index contributed by atoms with van der Waals surface area (Å²) in [4.78, 5) is 16.5. The second-order valence-electron chi connectivity index (χ2n) is 11.6. The lowest BCUT2D eigenvalue weighted by atomic mass is 9.78. The number of hydrogen-bond donors (Lipinski definition) is 2. The van der Waals surface area contributed by atoms with E-state index >= 15 is 4.39 Å². The van der Waals surface area contributed by atoms with Gasteiger partial charge in [0.05, 0.1) is 10.9 Å². The van der Waals surface area contributed by atoms with E-state index in [1.165, 1.54) is 12.8 Å². The SMILES string of the molecule is NC1(CNc2nc(OCC34CCCN3CCC4)nc3c(F)c(-c4cccc5cccc(P)c45)ncc23)CCC1. The van der Waals surface area contributed by atoms with Crippen LogP contribution in [0.15, 0.2) is 42.6 Å². The van der Waals surface area contributed by atoms with Crippen molar-refractivity contribution in [3.8, 4) is 17.3 Å². The predicted octanol–water partition coefficient (Wildman–Crippen LogP) is 4.79. The number of nitrogens with one attached hydrogen (secondary N) is 1. The maximum atomic E-state index is 16.4. The molecule has 2 aromatic heterocycles. The van der Waals surface area contributed by atoms with Crippen molar-refractivity contribution in [2.45, 2.75) is 56.0 Å². The average Bonchev–Trinajstić information content (AvgIpc) is 3.51. The molecule has 4 aromatic rings. The molecule has 1 atom stereocenters. The maximum absolute atomic E-state index is 16.4. The van der Waals surface area contributed by atoms with Gasteiger partial charge in [0.2, 0.25) is 0 Å². The first-order valence-corrected chi connectivity index (χ1v) is 14.6. The van der Waals surface area contributed by atoms with Crippen LogP contribution in [0.1, 0.15) is 44.9 Å². The molecule has 2 saturated heterocycles. The highest BCUT2D eigenvalue weighted by atomic mass is 31.0. The van der Waals surface area contributed by atoms with Gasteiger partial charge in [0.25, 0.3) is 0 Å². The Bertz CT molecular complexity index is 1560. The second kappa shape index (κ2) is 9.61. The highest BCUT2D eigenvalue weighted by Crippen LogP contribution is 2.40. The van der Waals surface area contributed by atoms with Gasteiger partial charge in [-0.25, -0.2) is 4.39 Å². The summed E-state index contributed by atoms with van der Waals surface area (Å²) >= 11 is 0. The van der Waals surface area contributed by atoms with Crippen LogP contribution in [-0.2, 0) is 0 Å². The largest absolute Gasteiger partial charge is 0.461 e. The third kappa shape index (κ3) is 4.33. The van der Waals surface area contributed by atoms with Crippen molar-refractivity contribution in [3.63, 3.8) is 0 Å². The number of fused-ring (bicyclic) bond motifs is 3. The molecule has 2 aromatic carbocycles. The molecule has 202 valence electrons. The smallest absolute Gasteiger partial charge is 0.319 e. The molecule has 39 heavy (non-hydrogen) atoms. The number of anilines is 1. The first-order chi connectivity index (χ1) is 18.9. The second-order valence-corrected chi connectivity index (χ2v) is 12.2. The van der Waals surface area contributed by atoms with E-state index in [0.29, 0.717) is 24.4 Å². The predicted molar refractivity (Wildman–Crippen MR) is 157 cm³/mol. The van der Waals surface area contributed by atoms with Crippen molar-refractivity contribution in [2.24, 2.45) is 5.73 Å². The van der Waals surface area contributed by atoms with Gasteiger partial charge >= 0.3 is 6.01 Å². The minimum absolute atomic E-state index is 0.0409. The van der Waals surface area contributed by atoms with E-state index in [0.717, 1.165) is 66.8 Å². The lowest BCUT2D eigenvalue weighted by Gasteiger charge is -2.38. The van der Waals surface area contributed by atoms with Gasteiger partial charge in [-0.05, 0) is 74.1 Å². The summed E-state index contributed by atoms with van der Waals surface area (Å²) in [7, 11) is 2.75. The molecule has 7 rings (SSSR count). The molecule has 0 bridgehead atoms. The quantitative estimate of drug-likeness (QED) is 0.324. The van der Waals surface area contributed by atoms with E-state index in [1.807, 2.05) is 36.4 Å². The summed E-state index contributed by atoms with van der Waals surface area (Å²) in [6.07, 6.45) is 9.30. The Morgan fingerprint density at radius 2 is 1.79 bits per heavy atom. The highest BCUT2D eigenvalue weighted by Gasteiger charge is 2.45. The van der Waals surface area contributed by atoms with E-state index < -0.39 is 5.82 Å². The summed E-state index contributed by atoms with van der Waals surface area (Å²) < 4.78 is 22.7. The van der Waals surface area contributed by atoms with E-state index in [1.54, 1.807) is 6.20 Å². The zero-order valence-electron chi connectivity index (χ0n) is 22.0. The third-order valence-corrected chi connectivity index (χ3v) is 9.58. The summed E-state index contributed by atoms with van der Waals surface area (Å²) in [5, 5.41) is 6.89. The van der Waals surface area contributed by atoms with Gasteiger partial charge in [-0.3, -0.25) is 9.88 Å². The molecule has 9 heteroatoms. The van der Waals surface area contributed by atoms with Crippen LogP contribution < -0.4 is 21.1 Å². The van der Waals surface area contributed by atoms with Gasteiger partial charge in [0.15, 0.2) is 5.82 Å².